The Labute approximate surface area is 125 Å². The smallest absolute Gasteiger partial charge is 0.319 e. The summed E-state index contributed by atoms with van der Waals surface area (Å²) in [5.74, 6) is -0.562. The Morgan fingerprint density at radius 2 is 2.05 bits per heavy atom. The predicted molar refractivity (Wildman–Crippen MR) is 77.3 cm³/mol. The van der Waals surface area contributed by atoms with Crippen molar-refractivity contribution in [3.8, 4) is 0 Å². The normalized spacial score (nSPS) is 12.8. The van der Waals surface area contributed by atoms with Crippen LogP contribution in [0.4, 0.5) is 0 Å². The van der Waals surface area contributed by atoms with Crippen molar-refractivity contribution in [3.05, 3.63) is 17.8 Å². The number of aromatic nitrogens is 1. The van der Waals surface area contributed by atoms with Crippen LogP contribution in [0.3, 0.4) is 0 Å². The fourth-order valence-electron chi connectivity index (χ4n) is 1.94. The molecule has 0 aliphatic carbocycles. The van der Waals surface area contributed by atoms with E-state index >= 15 is 0 Å². The van der Waals surface area contributed by atoms with Gasteiger partial charge in [0, 0.05) is 6.42 Å². The van der Waals surface area contributed by atoms with E-state index < -0.39 is 17.3 Å². The molecule has 1 aromatic heterocycles. The molecule has 1 amide bonds. The van der Waals surface area contributed by atoms with Gasteiger partial charge in [-0.3, -0.25) is 9.59 Å². The van der Waals surface area contributed by atoms with Gasteiger partial charge in [0.05, 0.1) is 19.3 Å². The van der Waals surface area contributed by atoms with Crippen molar-refractivity contribution in [1.82, 2.24) is 10.3 Å². The summed E-state index contributed by atoms with van der Waals surface area (Å²) in [4.78, 5) is 28.3. The van der Waals surface area contributed by atoms with Crippen molar-refractivity contribution in [2.24, 2.45) is 11.3 Å². The molecule has 0 radical (unpaired) electrons. The van der Waals surface area contributed by atoms with E-state index in [9.17, 15) is 9.59 Å². The summed E-state index contributed by atoms with van der Waals surface area (Å²) in [5.41, 5.74) is -0.526. The van der Waals surface area contributed by atoms with Gasteiger partial charge in [0.1, 0.15) is 11.7 Å². The SMILES string of the molecule is CCOC(=O)C(C(=O)NCc1ncc(CC)o1)C(C)(C)C. The number of aryl methyl sites for hydroxylation is 1. The number of amides is 1. The summed E-state index contributed by atoms with van der Waals surface area (Å²) < 4.78 is 10.4. The number of hydrogen-bond acceptors (Lipinski definition) is 5. The van der Waals surface area contributed by atoms with Crippen LogP contribution in [-0.2, 0) is 27.3 Å². The third-order valence-corrected chi connectivity index (χ3v) is 3.01. The average molecular weight is 296 g/mol. The van der Waals surface area contributed by atoms with E-state index in [2.05, 4.69) is 10.3 Å². The monoisotopic (exact) mass is 296 g/mol. The van der Waals surface area contributed by atoms with Gasteiger partial charge < -0.3 is 14.5 Å². The molecule has 0 saturated heterocycles. The van der Waals surface area contributed by atoms with Gasteiger partial charge in [0.25, 0.3) is 0 Å². The minimum Gasteiger partial charge on any atom is -0.465 e. The van der Waals surface area contributed by atoms with E-state index in [1.807, 2.05) is 27.7 Å². The van der Waals surface area contributed by atoms with Crippen LogP contribution in [0, 0.1) is 11.3 Å². The Hall–Kier alpha value is -1.85. The second kappa shape index (κ2) is 7.24. The van der Waals surface area contributed by atoms with Gasteiger partial charge in [-0.05, 0) is 12.3 Å². The molecular formula is C15H24N2O4. The maximum absolute atomic E-state index is 12.3. The molecule has 0 saturated carbocycles. The third-order valence-electron chi connectivity index (χ3n) is 3.01. The van der Waals surface area contributed by atoms with Gasteiger partial charge in [-0.15, -0.1) is 0 Å². The molecule has 1 rings (SSSR count). The Kier molecular flexibility index (Phi) is 5.93. The van der Waals surface area contributed by atoms with Gasteiger partial charge in [0.15, 0.2) is 0 Å². The van der Waals surface area contributed by atoms with Gasteiger partial charge in [-0.2, -0.15) is 0 Å². The lowest BCUT2D eigenvalue weighted by Crippen LogP contribution is -2.43. The van der Waals surface area contributed by atoms with E-state index in [1.165, 1.54) is 0 Å². The number of esters is 1. The molecule has 0 bridgehead atoms. The lowest BCUT2D eigenvalue weighted by atomic mass is 9.80. The lowest BCUT2D eigenvalue weighted by Gasteiger charge is -2.27. The average Bonchev–Trinajstić information content (AvgIpc) is 2.83. The number of nitrogens with zero attached hydrogens (tertiary/aromatic N) is 1. The minimum absolute atomic E-state index is 0.158. The first-order valence-corrected chi connectivity index (χ1v) is 7.17. The fourth-order valence-corrected chi connectivity index (χ4v) is 1.94. The first kappa shape index (κ1) is 17.2. The van der Waals surface area contributed by atoms with Crippen LogP contribution in [-0.4, -0.2) is 23.5 Å². The van der Waals surface area contributed by atoms with E-state index in [4.69, 9.17) is 9.15 Å². The van der Waals surface area contributed by atoms with Crippen molar-refractivity contribution in [1.29, 1.82) is 0 Å². The van der Waals surface area contributed by atoms with Crippen LogP contribution in [0.25, 0.3) is 0 Å². The lowest BCUT2D eigenvalue weighted by molar-refractivity contribution is -0.156. The molecule has 6 nitrogen and oxygen atoms in total. The highest BCUT2D eigenvalue weighted by Crippen LogP contribution is 2.27. The molecule has 0 fully saturated rings. The Morgan fingerprint density at radius 3 is 2.52 bits per heavy atom. The molecule has 1 N–H and O–H groups in total. The summed E-state index contributed by atoms with van der Waals surface area (Å²) >= 11 is 0. The first-order valence-electron chi connectivity index (χ1n) is 7.17. The molecule has 6 heteroatoms. The second-order valence-electron chi connectivity index (χ2n) is 5.84. The molecular weight excluding hydrogens is 272 g/mol. The Balaban J connectivity index is 2.70. The summed E-state index contributed by atoms with van der Waals surface area (Å²) in [6, 6.07) is 0. The molecule has 0 aromatic carbocycles. The number of oxazole rings is 1. The molecule has 0 spiro atoms. The zero-order valence-corrected chi connectivity index (χ0v) is 13.4. The molecule has 21 heavy (non-hydrogen) atoms. The van der Waals surface area contributed by atoms with Gasteiger partial charge in [-0.1, -0.05) is 27.7 Å². The molecule has 1 heterocycles. The van der Waals surface area contributed by atoms with E-state index in [1.54, 1.807) is 13.1 Å². The van der Waals surface area contributed by atoms with Crippen LogP contribution in [0.5, 0.6) is 0 Å². The summed E-state index contributed by atoms with van der Waals surface area (Å²) in [5, 5.41) is 2.69. The molecule has 1 unspecified atom stereocenters. The largest absolute Gasteiger partial charge is 0.465 e. The molecule has 118 valence electrons. The number of ether oxygens (including phenoxy) is 1. The Bertz CT molecular complexity index is 488. The zero-order valence-electron chi connectivity index (χ0n) is 13.4. The number of carbonyl (C=O) groups is 2. The van der Waals surface area contributed by atoms with Crippen molar-refractivity contribution in [2.45, 2.75) is 47.6 Å². The van der Waals surface area contributed by atoms with Crippen LogP contribution in [0.2, 0.25) is 0 Å². The standard InChI is InChI=1S/C15H24N2O4/c1-6-10-8-16-11(21-10)9-17-13(18)12(15(3,4)5)14(19)20-7-2/h8,12H,6-7,9H2,1-5H3,(H,17,18). The van der Waals surface area contributed by atoms with E-state index in [-0.39, 0.29) is 19.1 Å². The third kappa shape index (κ3) is 4.88. The quantitative estimate of drug-likeness (QED) is 0.642. The topological polar surface area (TPSA) is 81.4 Å². The van der Waals surface area contributed by atoms with Crippen LogP contribution >= 0.6 is 0 Å². The fraction of sp³-hybridized carbons (Fsp3) is 0.667. The van der Waals surface area contributed by atoms with Gasteiger partial charge in [0.2, 0.25) is 11.8 Å². The molecule has 1 atom stereocenters. The van der Waals surface area contributed by atoms with Gasteiger partial charge in [-0.25, -0.2) is 4.98 Å². The highest BCUT2D eigenvalue weighted by Gasteiger charge is 2.38. The Morgan fingerprint density at radius 1 is 1.38 bits per heavy atom. The van der Waals surface area contributed by atoms with Crippen molar-refractivity contribution < 1.29 is 18.7 Å². The first-order chi connectivity index (χ1) is 9.79. The van der Waals surface area contributed by atoms with E-state index in [0.717, 1.165) is 12.2 Å². The van der Waals surface area contributed by atoms with Crippen LogP contribution in [0.15, 0.2) is 10.6 Å². The van der Waals surface area contributed by atoms with Gasteiger partial charge >= 0.3 is 5.97 Å². The van der Waals surface area contributed by atoms with Crippen molar-refractivity contribution in [2.75, 3.05) is 6.61 Å². The number of rotatable bonds is 6. The number of carbonyl (C=O) groups excluding carboxylic acids is 2. The van der Waals surface area contributed by atoms with Crippen molar-refractivity contribution >= 4 is 11.9 Å². The molecule has 0 aliphatic heterocycles. The van der Waals surface area contributed by atoms with Crippen LogP contribution < -0.4 is 5.32 Å². The number of nitrogens with one attached hydrogen (secondary N) is 1. The maximum Gasteiger partial charge on any atom is 0.319 e. The summed E-state index contributed by atoms with van der Waals surface area (Å²) in [6.07, 6.45) is 2.38. The second-order valence-corrected chi connectivity index (χ2v) is 5.84. The summed E-state index contributed by atoms with van der Waals surface area (Å²) in [6.45, 7) is 9.56. The highest BCUT2D eigenvalue weighted by molar-refractivity contribution is 5.98. The van der Waals surface area contributed by atoms with E-state index in [0.29, 0.717) is 5.89 Å². The molecule has 1 aromatic rings. The predicted octanol–water partition coefficient (Wildman–Crippen LogP) is 2.08. The summed E-state index contributed by atoms with van der Waals surface area (Å²) in [7, 11) is 0. The van der Waals surface area contributed by atoms with Crippen LogP contribution in [0.1, 0.15) is 46.3 Å². The highest BCUT2D eigenvalue weighted by atomic mass is 16.5. The minimum atomic E-state index is -0.863. The number of hydrogen-bond donors (Lipinski definition) is 1. The molecule has 0 aliphatic rings. The zero-order chi connectivity index (χ0) is 16.0. The maximum atomic E-state index is 12.3. The van der Waals surface area contributed by atoms with Crippen molar-refractivity contribution in [3.63, 3.8) is 0 Å².